The van der Waals surface area contributed by atoms with Gasteiger partial charge in [0.25, 0.3) is 0 Å². The van der Waals surface area contributed by atoms with E-state index in [1.807, 2.05) is 0 Å². The molecule has 126 valence electrons. The molecule has 0 saturated carbocycles. The van der Waals surface area contributed by atoms with E-state index in [0.717, 1.165) is 6.07 Å². The number of fused-ring (bicyclic) bond motifs is 1. The molecule has 0 saturated heterocycles. The Morgan fingerprint density at radius 1 is 1.12 bits per heavy atom. The summed E-state index contributed by atoms with van der Waals surface area (Å²) in [6.45, 7) is -0.856. The molecule has 2 aromatic carbocycles. The van der Waals surface area contributed by atoms with Gasteiger partial charge in [0.1, 0.15) is 6.61 Å². The highest BCUT2D eigenvalue weighted by atomic mass is 19.3. The molecule has 1 heterocycles. The number of ether oxygens (including phenoxy) is 1. The standard InChI is InChI=1S/C17H13F4NO2/c18-14-7-3-5-12(15(14)19)10-24-16(23)22-9-8-11-4-1-2-6-13(11)17(22,20)21/h1-7H,8-10H2. The Morgan fingerprint density at radius 3 is 2.67 bits per heavy atom. The Kier molecular flexibility index (Phi) is 4.17. The fraction of sp³-hybridized carbons (Fsp3) is 0.235. The lowest BCUT2D eigenvalue weighted by molar-refractivity contribution is -0.146. The van der Waals surface area contributed by atoms with Crippen molar-refractivity contribution in [2.75, 3.05) is 6.54 Å². The maximum Gasteiger partial charge on any atom is 0.415 e. The molecule has 0 spiro atoms. The molecule has 0 aliphatic carbocycles. The van der Waals surface area contributed by atoms with Crippen LogP contribution in [0.25, 0.3) is 0 Å². The molecule has 0 N–H and O–H groups in total. The van der Waals surface area contributed by atoms with E-state index < -0.39 is 30.4 Å². The molecular formula is C17H13F4NO2. The molecule has 2 aromatic rings. The summed E-state index contributed by atoms with van der Waals surface area (Å²) in [7, 11) is 0. The number of hydrogen-bond donors (Lipinski definition) is 0. The molecule has 1 amide bonds. The highest BCUT2D eigenvalue weighted by molar-refractivity contribution is 5.69. The number of nitrogens with zero attached hydrogens (tertiary/aromatic N) is 1. The minimum atomic E-state index is -3.52. The van der Waals surface area contributed by atoms with Gasteiger partial charge in [-0.05, 0) is 18.1 Å². The predicted molar refractivity (Wildman–Crippen MR) is 77.3 cm³/mol. The van der Waals surface area contributed by atoms with Crippen molar-refractivity contribution in [3.63, 3.8) is 0 Å². The number of benzene rings is 2. The SMILES string of the molecule is O=C(OCc1cccc(F)c1F)N1CCc2ccccc2C1(F)F. The first-order valence-electron chi connectivity index (χ1n) is 7.24. The molecule has 3 rings (SSSR count). The number of alkyl halides is 2. The average Bonchev–Trinajstić information content (AvgIpc) is 2.56. The quantitative estimate of drug-likeness (QED) is 0.606. The van der Waals surface area contributed by atoms with Crippen LogP contribution in [0.15, 0.2) is 42.5 Å². The normalized spacial score (nSPS) is 15.8. The summed E-state index contributed by atoms with van der Waals surface area (Å²) in [5.74, 6) is -2.26. The monoisotopic (exact) mass is 339 g/mol. The fourth-order valence-corrected chi connectivity index (χ4v) is 2.63. The van der Waals surface area contributed by atoms with Crippen LogP contribution in [0, 0.1) is 11.6 Å². The highest BCUT2D eigenvalue weighted by Crippen LogP contribution is 2.38. The summed E-state index contributed by atoms with van der Waals surface area (Å²) in [6, 6.07) is 5.79. The topological polar surface area (TPSA) is 29.5 Å². The highest BCUT2D eigenvalue weighted by Gasteiger charge is 2.47. The van der Waals surface area contributed by atoms with Crippen molar-refractivity contribution in [1.82, 2.24) is 4.90 Å². The first-order valence-corrected chi connectivity index (χ1v) is 7.24. The molecule has 0 fully saturated rings. The lowest BCUT2D eigenvalue weighted by Gasteiger charge is -2.35. The van der Waals surface area contributed by atoms with Gasteiger partial charge < -0.3 is 4.74 Å². The minimum absolute atomic E-state index is 0.218. The lowest BCUT2D eigenvalue weighted by atomic mass is 9.98. The van der Waals surface area contributed by atoms with Crippen LogP contribution in [0.4, 0.5) is 22.4 Å². The van der Waals surface area contributed by atoms with E-state index in [9.17, 15) is 22.4 Å². The van der Waals surface area contributed by atoms with Crippen LogP contribution in [0.5, 0.6) is 0 Å². The van der Waals surface area contributed by atoms with Gasteiger partial charge in [0.15, 0.2) is 11.6 Å². The summed E-state index contributed by atoms with van der Waals surface area (Å²) in [6.07, 6.45) is -1.02. The molecule has 0 atom stereocenters. The largest absolute Gasteiger partial charge is 0.444 e. The Morgan fingerprint density at radius 2 is 1.88 bits per heavy atom. The molecule has 0 aromatic heterocycles. The third-order valence-electron chi connectivity index (χ3n) is 3.89. The Bertz CT molecular complexity index is 779. The van der Waals surface area contributed by atoms with E-state index in [1.165, 1.54) is 24.3 Å². The van der Waals surface area contributed by atoms with Gasteiger partial charge in [-0.3, -0.25) is 0 Å². The third-order valence-corrected chi connectivity index (χ3v) is 3.89. The zero-order valence-electron chi connectivity index (χ0n) is 12.4. The lowest BCUT2D eigenvalue weighted by Crippen LogP contribution is -2.48. The summed E-state index contributed by atoms with van der Waals surface area (Å²) < 4.78 is 60.3. The van der Waals surface area contributed by atoms with Gasteiger partial charge in [-0.2, -0.15) is 8.78 Å². The van der Waals surface area contributed by atoms with Crippen molar-refractivity contribution in [2.24, 2.45) is 0 Å². The summed E-state index contributed by atoms with van der Waals surface area (Å²) in [5.41, 5.74) is -0.0167. The zero-order chi connectivity index (χ0) is 17.3. The van der Waals surface area contributed by atoms with Crippen LogP contribution < -0.4 is 0 Å². The van der Waals surface area contributed by atoms with Crippen molar-refractivity contribution in [3.05, 3.63) is 70.8 Å². The molecule has 0 radical (unpaired) electrons. The van der Waals surface area contributed by atoms with Crippen LogP contribution in [0.1, 0.15) is 16.7 Å². The van der Waals surface area contributed by atoms with E-state index in [2.05, 4.69) is 0 Å². The maximum absolute atomic E-state index is 14.5. The van der Waals surface area contributed by atoms with Crippen LogP contribution in [-0.4, -0.2) is 17.5 Å². The number of halogens is 4. The minimum Gasteiger partial charge on any atom is -0.444 e. The molecule has 3 nitrogen and oxygen atoms in total. The summed E-state index contributed by atoms with van der Waals surface area (Å²) >= 11 is 0. The third kappa shape index (κ3) is 2.81. The molecule has 24 heavy (non-hydrogen) atoms. The second-order valence-corrected chi connectivity index (χ2v) is 5.37. The Balaban J connectivity index is 1.75. The average molecular weight is 339 g/mol. The first-order chi connectivity index (χ1) is 11.4. The molecule has 0 unspecified atom stereocenters. The van der Waals surface area contributed by atoms with E-state index in [-0.39, 0.29) is 24.1 Å². The van der Waals surface area contributed by atoms with Crippen molar-refractivity contribution in [3.8, 4) is 0 Å². The van der Waals surface area contributed by atoms with Crippen LogP contribution >= 0.6 is 0 Å². The van der Waals surface area contributed by atoms with E-state index in [4.69, 9.17) is 4.74 Å². The van der Waals surface area contributed by atoms with Crippen molar-refractivity contribution < 1.29 is 27.1 Å². The van der Waals surface area contributed by atoms with Gasteiger partial charge in [0, 0.05) is 17.7 Å². The molecule has 0 bridgehead atoms. The number of rotatable bonds is 2. The molecule has 7 heteroatoms. The van der Waals surface area contributed by atoms with Gasteiger partial charge in [-0.1, -0.05) is 36.4 Å². The molecule has 1 aliphatic rings. The van der Waals surface area contributed by atoms with Crippen LogP contribution in [0.2, 0.25) is 0 Å². The fourth-order valence-electron chi connectivity index (χ4n) is 2.63. The van der Waals surface area contributed by atoms with Crippen LogP contribution in [0.3, 0.4) is 0 Å². The number of carbonyl (C=O) groups is 1. The summed E-state index contributed by atoms with van der Waals surface area (Å²) in [4.78, 5) is 12.3. The van der Waals surface area contributed by atoms with Gasteiger partial charge in [0.05, 0.1) is 0 Å². The number of amides is 1. The van der Waals surface area contributed by atoms with E-state index >= 15 is 0 Å². The van der Waals surface area contributed by atoms with E-state index in [1.54, 1.807) is 12.1 Å². The van der Waals surface area contributed by atoms with Gasteiger partial charge in [0.2, 0.25) is 0 Å². The Labute approximate surface area is 135 Å². The van der Waals surface area contributed by atoms with Crippen LogP contribution in [-0.2, 0) is 23.8 Å². The van der Waals surface area contributed by atoms with Crippen molar-refractivity contribution >= 4 is 6.09 Å². The predicted octanol–water partition coefficient (Wildman–Crippen LogP) is 4.21. The zero-order valence-corrected chi connectivity index (χ0v) is 12.4. The van der Waals surface area contributed by atoms with Crippen molar-refractivity contribution in [1.29, 1.82) is 0 Å². The second-order valence-electron chi connectivity index (χ2n) is 5.37. The van der Waals surface area contributed by atoms with Gasteiger partial charge in [-0.15, -0.1) is 0 Å². The van der Waals surface area contributed by atoms with Gasteiger partial charge in [-0.25, -0.2) is 18.5 Å². The summed E-state index contributed by atoms with van der Waals surface area (Å²) in [5, 5.41) is 0. The maximum atomic E-state index is 14.5. The van der Waals surface area contributed by atoms with Gasteiger partial charge >= 0.3 is 12.1 Å². The van der Waals surface area contributed by atoms with Crippen molar-refractivity contribution in [2.45, 2.75) is 19.1 Å². The molecule has 1 aliphatic heterocycles. The number of hydrogen-bond acceptors (Lipinski definition) is 2. The second kappa shape index (κ2) is 6.14. The smallest absolute Gasteiger partial charge is 0.415 e. The molecular weight excluding hydrogens is 326 g/mol. The first kappa shape index (κ1) is 16.3. The number of carbonyl (C=O) groups excluding carboxylic acids is 1. The Hall–Kier alpha value is -2.57. The van der Waals surface area contributed by atoms with E-state index in [0.29, 0.717) is 10.5 Å².